The molecule has 0 bridgehead atoms. The van der Waals surface area contributed by atoms with Crippen molar-refractivity contribution in [3.05, 3.63) is 0 Å². The first-order valence-corrected chi connectivity index (χ1v) is 2.38. The number of hydroxylamine groups is 1. The average molecular weight is 135 g/mol. The number of nitrogens with one attached hydrogen (secondary N) is 1. The molecule has 0 aliphatic heterocycles. The van der Waals surface area contributed by atoms with Crippen LogP contribution < -0.4 is 5.48 Å². The van der Waals surface area contributed by atoms with Gasteiger partial charge in [-0.2, -0.15) is 5.48 Å². The second-order valence-corrected chi connectivity index (χ2v) is 1.17. The van der Waals surface area contributed by atoms with E-state index in [-0.39, 0.29) is 13.2 Å². The molecule has 0 radical (unpaired) electrons. The highest BCUT2D eigenvalue weighted by Crippen LogP contribution is 1.74. The van der Waals surface area contributed by atoms with Crippen molar-refractivity contribution >= 4 is 6.09 Å². The molecular formula is C4H9NO4. The molecule has 0 atom stereocenters. The zero-order valence-corrected chi connectivity index (χ0v) is 5.09. The molecule has 9 heavy (non-hydrogen) atoms. The first kappa shape index (κ1) is 8.19. The van der Waals surface area contributed by atoms with E-state index >= 15 is 0 Å². The predicted molar refractivity (Wildman–Crippen MR) is 28.6 cm³/mol. The Morgan fingerprint density at radius 2 is 2.44 bits per heavy atom. The van der Waals surface area contributed by atoms with Crippen molar-refractivity contribution in [2.75, 3.05) is 20.3 Å². The van der Waals surface area contributed by atoms with E-state index in [4.69, 9.17) is 5.11 Å². The number of ether oxygens (including phenoxy) is 1. The molecule has 0 spiro atoms. The zero-order valence-electron chi connectivity index (χ0n) is 5.09. The molecule has 1 amide bonds. The van der Waals surface area contributed by atoms with Crippen LogP contribution in [0.5, 0.6) is 0 Å². The Morgan fingerprint density at radius 1 is 1.78 bits per heavy atom. The Bertz CT molecular complexity index is 84.6. The Morgan fingerprint density at radius 3 is 2.89 bits per heavy atom. The molecule has 54 valence electrons. The maximum atomic E-state index is 10.2. The number of hydrogen-bond donors (Lipinski definition) is 2. The molecule has 5 heteroatoms. The first-order chi connectivity index (χ1) is 4.31. The third-order valence-corrected chi connectivity index (χ3v) is 0.510. The fourth-order valence-corrected chi connectivity index (χ4v) is 0.251. The van der Waals surface area contributed by atoms with Gasteiger partial charge >= 0.3 is 6.09 Å². The molecule has 0 aromatic rings. The van der Waals surface area contributed by atoms with Gasteiger partial charge in [0.25, 0.3) is 0 Å². The van der Waals surface area contributed by atoms with E-state index < -0.39 is 6.09 Å². The molecule has 0 saturated carbocycles. The molecule has 0 rings (SSSR count). The van der Waals surface area contributed by atoms with Crippen molar-refractivity contribution in [1.29, 1.82) is 0 Å². The zero-order chi connectivity index (χ0) is 7.11. The van der Waals surface area contributed by atoms with E-state index in [1.807, 2.05) is 5.48 Å². The van der Waals surface area contributed by atoms with Gasteiger partial charge in [-0.1, -0.05) is 0 Å². The lowest BCUT2D eigenvalue weighted by atomic mass is 10.8. The van der Waals surface area contributed by atoms with Crippen LogP contribution in [0.25, 0.3) is 0 Å². The number of aliphatic hydroxyl groups excluding tert-OH is 1. The number of carbonyl (C=O) groups excluding carboxylic acids is 1. The molecule has 0 aliphatic rings. The minimum absolute atomic E-state index is 0.0187. The van der Waals surface area contributed by atoms with Gasteiger partial charge in [-0.05, 0) is 0 Å². The highest BCUT2D eigenvalue weighted by molar-refractivity contribution is 5.65. The SMILES string of the molecule is CONC(=O)OCCO. The lowest BCUT2D eigenvalue weighted by Gasteiger charge is -2.00. The standard InChI is InChI=1S/C4H9NO4/c1-8-5-4(7)9-3-2-6/h6H,2-3H2,1H3,(H,5,7). The maximum Gasteiger partial charge on any atom is 0.431 e. The normalized spacial score (nSPS) is 8.67. The number of carbonyl (C=O) groups is 1. The molecule has 0 heterocycles. The summed E-state index contributed by atoms with van der Waals surface area (Å²) in [7, 11) is 1.29. The summed E-state index contributed by atoms with van der Waals surface area (Å²) in [5, 5.41) is 8.14. The second-order valence-electron chi connectivity index (χ2n) is 1.17. The van der Waals surface area contributed by atoms with Crippen LogP contribution in [0.15, 0.2) is 0 Å². The highest BCUT2D eigenvalue weighted by Gasteiger charge is 1.96. The fraction of sp³-hybridized carbons (Fsp3) is 0.750. The minimum atomic E-state index is -0.702. The Labute approximate surface area is 52.5 Å². The summed E-state index contributed by atoms with van der Waals surface area (Å²) in [5.41, 5.74) is 1.91. The van der Waals surface area contributed by atoms with Gasteiger partial charge in [-0.15, -0.1) is 0 Å². The van der Waals surface area contributed by atoms with Gasteiger partial charge in [-0.25, -0.2) is 4.79 Å². The molecule has 0 fully saturated rings. The van der Waals surface area contributed by atoms with Crippen LogP contribution in [-0.2, 0) is 9.57 Å². The number of rotatable bonds is 3. The molecule has 0 aliphatic carbocycles. The lowest BCUT2D eigenvalue weighted by molar-refractivity contribution is 0.0503. The minimum Gasteiger partial charge on any atom is -0.446 e. The summed E-state index contributed by atoms with van der Waals surface area (Å²) >= 11 is 0. The largest absolute Gasteiger partial charge is 0.446 e. The smallest absolute Gasteiger partial charge is 0.431 e. The van der Waals surface area contributed by atoms with Crippen molar-refractivity contribution in [3.63, 3.8) is 0 Å². The third-order valence-electron chi connectivity index (χ3n) is 0.510. The van der Waals surface area contributed by atoms with Crippen molar-refractivity contribution in [2.24, 2.45) is 0 Å². The van der Waals surface area contributed by atoms with E-state index in [1.54, 1.807) is 0 Å². The highest BCUT2D eigenvalue weighted by atomic mass is 16.7. The van der Waals surface area contributed by atoms with Crippen molar-refractivity contribution in [2.45, 2.75) is 0 Å². The van der Waals surface area contributed by atoms with Crippen LogP contribution in [0.3, 0.4) is 0 Å². The van der Waals surface area contributed by atoms with Gasteiger partial charge in [0.1, 0.15) is 6.61 Å². The summed E-state index contributed by atoms with van der Waals surface area (Å²) in [6.45, 7) is -0.202. The fourth-order valence-electron chi connectivity index (χ4n) is 0.251. The number of aliphatic hydroxyl groups is 1. The van der Waals surface area contributed by atoms with Crippen LogP contribution in [0.1, 0.15) is 0 Å². The van der Waals surface area contributed by atoms with Crippen LogP contribution in [-0.4, -0.2) is 31.5 Å². The molecule has 0 unspecified atom stereocenters. The number of hydrogen-bond acceptors (Lipinski definition) is 4. The van der Waals surface area contributed by atoms with Crippen molar-refractivity contribution in [1.82, 2.24) is 5.48 Å². The van der Waals surface area contributed by atoms with Crippen LogP contribution in [0, 0.1) is 0 Å². The van der Waals surface area contributed by atoms with Gasteiger partial charge in [0.2, 0.25) is 0 Å². The van der Waals surface area contributed by atoms with Gasteiger partial charge in [-0.3, -0.25) is 4.84 Å². The lowest BCUT2D eigenvalue weighted by Crippen LogP contribution is -2.23. The summed E-state index contributed by atoms with van der Waals surface area (Å²) < 4.78 is 4.31. The molecule has 2 N–H and O–H groups in total. The van der Waals surface area contributed by atoms with E-state index in [1.165, 1.54) is 7.11 Å². The van der Waals surface area contributed by atoms with Crippen molar-refractivity contribution in [3.8, 4) is 0 Å². The molecule has 5 nitrogen and oxygen atoms in total. The van der Waals surface area contributed by atoms with Gasteiger partial charge in [0.15, 0.2) is 0 Å². The quantitative estimate of drug-likeness (QED) is 0.500. The number of amides is 1. The van der Waals surface area contributed by atoms with Gasteiger partial charge < -0.3 is 9.84 Å². The summed E-state index contributed by atoms with van der Waals surface area (Å²) in [5.74, 6) is 0. The van der Waals surface area contributed by atoms with Crippen LogP contribution in [0.4, 0.5) is 4.79 Å². The van der Waals surface area contributed by atoms with E-state index in [2.05, 4.69) is 9.57 Å². The molecule has 0 aromatic heterocycles. The van der Waals surface area contributed by atoms with Crippen molar-refractivity contribution < 1.29 is 19.5 Å². The molecular weight excluding hydrogens is 126 g/mol. The van der Waals surface area contributed by atoms with E-state index in [0.29, 0.717) is 0 Å². The topological polar surface area (TPSA) is 67.8 Å². The third kappa shape index (κ3) is 5.05. The predicted octanol–water partition coefficient (Wildman–Crippen LogP) is -0.734. The average Bonchev–Trinajstić information content (AvgIpc) is 1.85. The summed E-state index contributed by atoms with van der Waals surface area (Å²) in [6.07, 6.45) is -0.702. The molecule has 0 saturated heterocycles. The van der Waals surface area contributed by atoms with Crippen LogP contribution >= 0.6 is 0 Å². The Kier molecular flexibility index (Phi) is 4.85. The van der Waals surface area contributed by atoms with E-state index in [0.717, 1.165) is 0 Å². The molecule has 0 aromatic carbocycles. The Hall–Kier alpha value is -0.810. The second kappa shape index (κ2) is 5.33. The van der Waals surface area contributed by atoms with Gasteiger partial charge in [0, 0.05) is 0 Å². The summed E-state index contributed by atoms with van der Waals surface area (Å²) in [6, 6.07) is 0. The summed E-state index contributed by atoms with van der Waals surface area (Å²) in [4.78, 5) is 14.4. The monoisotopic (exact) mass is 135 g/mol. The Balaban J connectivity index is 3.06. The first-order valence-electron chi connectivity index (χ1n) is 2.38. The van der Waals surface area contributed by atoms with E-state index in [9.17, 15) is 4.79 Å². The van der Waals surface area contributed by atoms with Crippen LogP contribution in [0.2, 0.25) is 0 Å². The maximum absolute atomic E-state index is 10.2. The van der Waals surface area contributed by atoms with Gasteiger partial charge in [0.05, 0.1) is 13.7 Å².